The zero-order valence-corrected chi connectivity index (χ0v) is 16.0. The summed E-state index contributed by atoms with van der Waals surface area (Å²) in [6.45, 7) is 6.82. The Morgan fingerprint density at radius 3 is 2.72 bits per heavy atom. The Bertz CT molecular complexity index is 748. The summed E-state index contributed by atoms with van der Waals surface area (Å²) >= 11 is 0. The fraction of sp³-hybridized carbons (Fsp3) is 0.588. The highest BCUT2D eigenvalue weighted by Gasteiger charge is 2.40. The summed E-state index contributed by atoms with van der Waals surface area (Å²) in [4.78, 5) is 6.15. The normalized spacial score (nSPS) is 19.6. The average molecular weight is 371 g/mol. The second-order valence-electron chi connectivity index (χ2n) is 6.60. The summed E-state index contributed by atoms with van der Waals surface area (Å²) in [5, 5.41) is 3.17. The van der Waals surface area contributed by atoms with Gasteiger partial charge in [0, 0.05) is 26.7 Å². The Balaban J connectivity index is 2.03. The van der Waals surface area contributed by atoms with Crippen LogP contribution in [0.15, 0.2) is 23.2 Å². The first kappa shape index (κ1) is 19.5. The predicted molar refractivity (Wildman–Crippen MR) is 97.2 cm³/mol. The number of nitrogens with one attached hydrogen (secondary N) is 1. The van der Waals surface area contributed by atoms with Crippen LogP contribution in [0.4, 0.5) is 4.39 Å². The molecule has 140 valence electrons. The number of nitrogens with zero attached hydrogens (tertiary/aromatic N) is 2. The molecule has 0 spiro atoms. The maximum Gasteiger partial charge on any atom is 0.193 e. The summed E-state index contributed by atoms with van der Waals surface area (Å²) in [5.74, 6) is 0.537. The van der Waals surface area contributed by atoms with Gasteiger partial charge >= 0.3 is 0 Å². The fourth-order valence-corrected chi connectivity index (χ4v) is 4.13. The summed E-state index contributed by atoms with van der Waals surface area (Å²) in [6, 6.07) is 4.82. The molecule has 25 heavy (non-hydrogen) atoms. The molecule has 0 amide bonds. The molecule has 0 unspecified atom stereocenters. The van der Waals surface area contributed by atoms with Crippen molar-refractivity contribution in [3.05, 3.63) is 29.6 Å². The largest absolute Gasteiger partial charge is 0.491 e. The van der Waals surface area contributed by atoms with Crippen molar-refractivity contribution in [3.63, 3.8) is 0 Å². The van der Waals surface area contributed by atoms with Crippen molar-refractivity contribution in [2.75, 3.05) is 32.5 Å². The van der Waals surface area contributed by atoms with Crippen LogP contribution in [-0.4, -0.2) is 56.5 Å². The van der Waals surface area contributed by atoms with Gasteiger partial charge in [-0.25, -0.2) is 12.8 Å². The second kappa shape index (κ2) is 7.59. The minimum absolute atomic E-state index is 0.0956. The van der Waals surface area contributed by atoms with Gasteiger partial charge in [0.1, 0.15) is 0 Å². The van der Waals surface area contributed by atoms with Crippen LogP contribution in [0.2, 0.25) is 0 Å². The van der Waals surface area contributed by atoms with Crippen LogP contribution in [0.5, 0.6) is 5.75 Å². The molecule has 1 aliphatic rings. The molecule has 0 atom stereocenters. The number of hydrogen-bond donors (Lipinski definition) is 1. The highest BCUT2D eigenvalue weighted by Crippen LogP contribution is 2.24. The highest BCUT2D eigenvalue weighted by atomic mass is 32.2. The number of halogens is 1. The first-order valence-corrected chi connectivity index (χ1v) is 9.94. The number of benzene rings is 1. The first-order valence-electron chi connectivity index (χ1n) is 8.29. The number of rotatable bonds is 4. The highest BCUT2D eigenvalue weighted by molar-refractivity contribution is 7.92. The first-order chi connectivity index (χ1) is 11.7. The van der Waals surface area contributed by atoms with Crippen LogP contribution >= 0.6 is 0 Å². The summed E-state index contributed by atoms with van der Waals surface area (Å²) in [6.07, 6.45) is 0. The molecule has 6 nitrogen and oxygen atoms in total. The molecule has 1 fully saturated rings. The zero-order valence-electron chi connectivity index (χ0n) is 15.2. The van der Waals surface area contributed by atoms with Crippen LogP contribution in [0.3, 0.4) is 0 Å². The number of hydrogen-bond acceptors (Lipinski definition) is 4. The topological polar surface area (TPSA) is 71.0 Å². The molecule has 0 aromatic heterocycles. The third-order valence-corrected chi connectivity index (χ3v) is 6.83. The van der Waals surface area contributed by atoms with E-state index in [0.717, 1.165) is 5.56 Å². The van der Waals surface area contributed by atoms with Crippen molar-refractivity contribution in [1.82, 2.24) is 10.2 Å². The van der Waals surface area contributed by atoms with E-state index < -0.39 is 20.4 Å². The van der Waals surface area contributed by atoms with Crippen LogP contribution in [-0.2, 0) is 16.4 Å². The van der Waals surface area contributed by atoms with Crippen molar-refractivity contribution >= 4 is 15.8 Å². The average Bonchev–Trinajstić information content (AvgIpc) is 2.54. The molecule has 1 aliphatic heterocycles. The lowest BCUT2D eigenvalue weighted by Crippen LogP contribution is -2.57. The van der Waals surface area contributed by atoms with Gasteiger partial charge in [-0.15, -0.1) is 0 Å². The fourth-order valence-electron chi connectivity index (χ4n) is 2.76. The predicted octanol–water partition coefficient (Wildman–Crippen LogP) is 1.81. The van der Waals surface area contributed by atoms with Gasteiger partial charge in [-0.1, -0.05) is 6.07 Å². The molecule has 8 heteroatoms. The lowest BCUT2D eigenvalue weighted by molar-refractivity contribution is 0.321. The standard InChI is InChI=1S/C17H26FN3O3S/c1-5-24-15-7-6-13(10-14(15)18)11-20-16(19-4)21-8-9-25(22,23)17(2,3)12-21/h6-7,10H,5,8-9,11-12H2,1-4H3,(H,19,20). The van der Waals surface area contributed by atoms with E-state index in [2.05, 4.69) is 10.3 Å². The lowest BCUT2D eigenvalue weighted by atomic mass is 10.2. The minimum atomic E-state index is -3.11. The molecule has 1 heterocycles. The number of ether oxygens (including phenoxy) is 1. The SMILES string of the molecule is CCOc1ccc(CNC(=NC)N2CCS(=O)(=O)C(C)(C)C2)cc1F. The van der Waals surface area contributed by atoms with Crippen molar-refractivity contribution in [2.45, 2.75) is 32.1 Å². The maximum absolute atomic E-state index is 13.9. The van der Waals surface area contributed by atoms with Crippen molar-refractivity contribution in [1.29, 1.82) is 0 Å². The Kier molecular flexibility index (Phi) is 5.92. The molecule has 1 aromatic carbocycles. The third-order valence-electron chi connectivity index (χ3n) is 4.30. The van der Waals surface area contributed by atoms with E-state index in [1.165, 1.54) is 6.07 Å². The van der Waals surface area contributed by atoms with Gasteiger partial charge in [-0.3, -0.25) is 4.99 Å². The summed E-state index contributed by atoms with van der Waals surface area (Å²) in [7, 11) is -1.46. The summed E-state index contributed by atoms with van der Waals surface area (Å²) < 4.78 is 42.5. The van der Waals surface area contributed by atoms with Crippen molar-refractivity contribution < 1.29 is 17.5 Å². The maximum atomic E-state index is 13.9. The second-order valence-corrected chi connectivity index (χ2v) is 9.34. The molecule has 0 radical (unpaired) electrons. The van der Waals surface area contributed by atoms with Crippen molar-refractivity contribution in [2.24, 2.45) is 4.99 Å². The zero-order chi connectivity index (χ0) is 18.7. The van der Waals surface area contributed by atoms with Gasteiger partial charge in [0.05, 0.1) is 17.1 Å². The minimum Gasteiger partial charge on any atom is -0.491 e. The van der Waals surface area contributed by atoms with Gasteiger partial charge < -0.3 is 15.0 Å². The number of aliphatic imine (C=N–C) groups is 1. The Labute approximate surface area is 149 Å². The van der Waals surface area contributed by atoms with Gasteiger partial charge in [-0.05, 0) is 38.5 Å². The number of sulfone groups is 1. The van der Waals surface area contributed by atoms with Crippen LogP contribution in [0.25, 0.3) is 0 Å². The Morgan fingerprint density at radius 1 is 1.44 bits per heavy atom. The van der Waals surface area contributed by atoms with E-state index in [9.17, 15) is 12.8 Å². The molecule has 1 N–H and O–H groups in total. The van der Waals surface area contributed by atoms with Gasteiger partial charge in [-0.2, -0.15) is 0 Å². The molecule has 1 aromatic rings. The molecule has 0 saturated carbocycles. The van der Waals surface area contributed by atoms with Gasteiger partial charge in [0.2, 0.25) is 0 Å². The van der Waals surface area contributed by atoms with E-state index in [1.54, 1.807) is 40.0 Å². The Morgan fingerprint density at radius 2 is 2.16 bits per heavy atom. The third kappa shape index (κ3) is 4.42. The van der Waals surface area contributed by atoms with Crippen molar-refractivity contribution in [3.8, 4) is 5.75 Å². The number of guanidine groups is 1. The monoisotopic (exact) mass is 371 g/mol. The summed E-state index contributed by atoms with van der Waals surface area (Å²) in [5.41, 5.74) is 0.756. The molecule has 0 bridgehead atoms. The molecule has 0 aliphatic carbocycles. The van der Waals surface area contributed by atoms with E-state index >= 15 is 0 Å². The quantitative estimate of drug-likeness (QED) is 0.646. The van der Waals surface area contributed by atoms with E-state index in [-0.39, 0.29) is 11.5 Å². The smallest absolute Gasteiger partial charge is 0.193 e. The van der Waals surface area contributed by atoms with E-state index in [4.69, 9.17) is 4.74 Å². The van der Waals surface area contributed by atoms with Crippen LogP contribution < -0.4 is 10.1 Å². The van der Waals surface area contributed by atoms with Gasteiger partial charge in [0.15, 0.2) is 27.4 Å². The lowest BCUT2D eigenvalue weighted by Gasteiger charge is -2.39. The Hall–Kier alpha value is -1.83. The molecular weight excluding hydrogens is 345 g/mol. The van der Waals surface area contributed by atoms with E-state index in [1.807, 2.05) is 4.90 Å². The molecule has 1 saturated heterocycles. The van der Waals surface area contributed by atoms with Gasteiger partial charge in [0.25, 0.3) is 0 Å². The van der Waals surface area contributed by atoms with Crippen LogP contribution in [0, 0.1) is 5.82 Å². The molecule has 2 rings (SSSR count). The molecular formula is C17H26FN3O3S. The van der Waals surface area contributed by atoms with Crippen LogP contribution in [0.1, 0.15) is 26.3 Å². The van der Waals surface area contributed by atoms with E-state index in [0.29, 0.717) is 32.2 Å².